The number of fused-ring (bicyclic) bond motifs is 1. The van der Waals surface area contributed by atoms with Crippen LogP contribution in [-0.2, 0) is 9.73 Å². The molecule has 3 N–H and O–H groups in total. The van der Waals surface area contributed by atoms with Gasteiger partial charge >= 0.3 is 5.97 Å². The minimum atomic E-state index is -1.19. The summed E-state index contributed by atoms with van der Waals surface area (Å²) in [6.07, 6.45) is 2.59. The van der Waals surface area contributed by atoms with Gasteiger partial charge in [-0.25, -0.2) is 4.79 Å². The summed E-state index contributed by atoms with van der Waals surface area (Å²) >= 11 is 0. The van der Waals surface area contributed by atoms with Crippen LogP contribution in [0.3, 0.4) is 0 Å². The summed E-state index contributed by atoms with van der Waals surface area (Å²) in [4.78, 5) is 15.1. The van der Waals surface area contributed by atoms with Crippen LogP contribution in [0.25, 0.3) is 0 Å². The Balaban J connectivity index is 2.39. The Morgan fingerprint density at radius 2 is 2.46 bits per heavy atom. The molecule has 0 radical (unpaired) electrons. The average Bonchev–Trinajstić information content (AvgIpc) is 2.48. The Morgan fingerprint density at radius 3 is 3.15 bits per heavy atom. The minimum absolute atomic E-state index is 0.178. The molecule has 13 heavy (non-hydrogen) atoms. The zero-order chi connectivity index (χ0) is 9.42. The van der Waals surface area contributed by atoms with Crippen molar-refractivity contribution in [2.45, 2.75) is 6.04 Å². The number of nitrogens with one attached hydrogen (secondary N) is 1. The first kappa shape index (κ1) is 7.81. The van der Waals surface area contributed by atoms with Gasteiger partial charge in [-0.1, -0.05) is 5.16 Å². The Kier molecular flexibility index (Phi) is 1.56. The first-order chi connectivity index (χ1) is 6.18. The lowest BCUT2D eigenvalue weighted by molar-refractivity contribution is -0.132. The zero-order valence-corrected chi connectivity index (χ0v) is 6.39. The van der Waals surface area contributed by atoms with Gasteiger partial charge in [0.15, 0.2) is 0 Å². The highest BCUT2D eigenvalue weighted by molar-refractivity contribution is 6.09. The Bertz CT molecular complexity index is 356. The predicted molar refractivity (Wildman–Crippen MR) is 41.9 cm³/mol. The molecule has 0 amide bonds. The van der Waals surface area contributed by atoms with E-state index in [1.165, 1.54) is 12.2 Å². The number of hydrogen-bond acceptors (Lipinski definition) is 5. The number of carbonyl (C=O) groups is 1. The molecule has 0 saturated heterocycles. The molecule has 2 aliphatic rings. The van der Waals surface area contributed by atoms with Gasteiger partial charge in [0.25, 0.3) is 0 Å². The third-order valence-electron chi connectivity index (χ3n) is 1.77. The van der Waals surface area contributed by atoms with Gasteiger partial charge in [0, 0.05) is 0 Å². The smallest absolute Gasteiger partial charge is 0.339 e. The summed E-state index contributed by atoms with van der Waals surface area (Å²) in [5, 5.41) is 21.4. The maximum absolute atomic E-state index is 10.6. The number of aliphatic hydroxyl groups is 1. The summed E-state index contributed by atoms with van der Waals surface area (Å²) in [5.74, 6) is -1.48. The third kappa shape index (κ3) is 1.17. The molecule has 2 rings (SSSR count). The van der Waals surface area contributed by atoms with E-state index in [2.05, 4.69) is 15.6 Å². The number of aliphatic carboxylic acids is 1. The molecule has 1 unspecified atom stereocenters. The molecule has 6 nitrogen and oxygen atoms in total. The zero-order valence-electron chi connectivity index (χ0n) is 6.39. The average molecular weight is 182 g/mol. The molecule has 0 aromatic rings. The van der Waals surface area contributed by atoms with E-state index >= 15 is 0 Å². The lowest BCUT2D eigenvalue weighted by atomic mass is 10.0. The number of carboxylic acid groups (broad SMARTS) is 1. The van der Waals surface area contributed by atoms with Crippen molar-refractivity contribution >= 4 is 11.7 Å². The second kappa shape index (κ2) is 2.60. The van der Waals surface area contributed by atoms with Crippen molar-refractivity contribution in [2.75, 3.05) is 0 Å². The quantitative estimate of drug-likeness (QED) is 0.518. The lowest BCUT2D eigenvalue weighted by Gasteiger charge is -2.11. The van der Waals surface area contributed by atoms with E-state index in [4.69, 9.17) is 5.11 Å². The summed E-state index contributed by atoms with van der Waals surface area (Å²) < 4.78 is 0. The van der Waals surface area contributed by atoms with E-state index in [0.717, 1.165) is 0 Å². The highest BCUT2D eigenvalue weighted by atomic mass is 16.8. The Hall–Kier alpha value is -1.82. The monoisotopic (exact) mass is 182 g/mol. The van der Waals surface area contributed by atoms with Crippen molar-refractivity contribution in [3.8, 4) is 0 Å². The Morgan fingerprint density at radius 1 is 1.69 bits per heavy atom. The van der Waals surface area contributed by atoms with Gasteiger partial charge < -0.3 is 10.2 Å². The molecule has 1 heterocycles. The fourth-order valence-electron chi connectivity index (χ4n) is 1.13. The maximum Gasteiger partial charge on any atom is 0.339 e. The highest BCUT2D eigenvalue weighted by Gasteiger charge is 2.28. The summed E-state index contributed by atoms with van der Waals surface area (Å²) in [5.41, 5.74) is 2.73. The summed E-state index contributed by atoms with van der Waals surface area (Å²) in [6, 6.07) is -0.358. The van der Waals surface area contributed by atoms with Crippen LogP contribution in [-0.4, -0.2) is 27.9 Å². The normalized spacial score (nSPS) is 25.2. The van der Waals surface area contributed by atoms with E-state index in [-0.39, 0.29) is 17.4 Å². The second-order valence-electron chi connectivity index (χ2n) is 2.62. The van der Waals surface area contributed by atoms with Gasteiger partial charge in [-0.05, 0) is 12.2 Å². The Labute approximate surface area is 72.8 Å². The topological polar surface area (TPSA) is 91.2 Å². The van der Waals surface area contributed by atoms with E-state index in [9.17, 15) is 9.90 Å². The van der Waals surface area contributed by atoms with Crippen molar-refractivity contribution in [2.24, 2.45) is 5.16 Å². The van der Waals surface area contributed by atoms with Gasteiger partial charge in [0.1, 0.15) is 23.1 Å². The molecule has 0 saturated carbocycles. The number of aliphatic hydroxyl groups excluding tert-OH is 1. The molecular formula is C7H6N2O4. The number of hydrogen-bond donors (Lipinski definition) is 3. The van der Waals surface area contributed by atoms with Gasteiger partial charge in [-0.2, -0.15) is 0 Å². The number of hydroxylamine groups is 1. The summed E-state index contributed by atoms with van der Waals surface area (Å²) in [6.45, 7) is 0. The van der Waals surface area contributed by atoms with E-state index in [1.54, 1.807) is 0 Å². The molecule has 0 aromatic heterocycles. The van der Waals surface area contributed by atoms with E-state index < -0.39 is 5.97 Å². The largest absolute Gasteiger partial charge is 0.507 e. The highest BCUT2D eigenvalue weighted by Crippen LogP contribution is 2.18. The number of carboxylic acids is 1. The van der Waals surface area contributed by atoms with Crippen LogP contribution >= 0.6 is 0 Å². The maximum atomic E-state index is 10.6. The fraction of sp³-hybridized carbons (Fsp3) is 0.143. The predicted octanol–water partition coefficient (Wildman–Crippen LogP) is -0.288. The summed E-state index contributed by atoms with van der Waals surface area (Å²) in [7, 11) is 0. The van der Waals surface area contributed by atoms with Crippen LogP contribution in [0.4, 0.5) is 0 Å². The third-order valence-corrected chi connectivity index (χ3v) is 1.77. The molecule has 0 aromatic carbocycles. The molecule has 0 fully saturated rings. The molecule has 6 heteroatoms. The molecule has 68 valence electrons. The van der Waals surface area contributed by atoms with Crippen LogP contribution in [0.2, 0.25) is 0 Å². The standard InChI is InChI=1S/C7H6N2O4/c10-6-2-5-4(8-13-9-5)1-3(6)7(11)12/h1-2,5,9-10H,(H,11,12). The number of oxime groups is 1. The van der Waals surface area contributed by atoms with Gasteiger partial charge in [-0.3, -0.25) is 4.94 Å². The SMILES string of the molecule is O=C(O)C1=CC2=NONC2C=C1O. The van der Waals surface area contributed by atoms with Gasteiger partial charge in [0.05, 0.1) is 0 Å². The lowest BCUT2D eigenvalue weighted by Crippen LogP contribution is -2.30. The number of nitrogens with zero attached hydrogens (tertiary/aromatic N) is 1. The van der Waals surface area contributed by atoms with E-state index in [0.29, 0.717) is 5.71 Å². The van der Waals surface area contributed by atoms with Crippen LogP contribution < -0.4 is 5.48 Å². The molecule has 1 aliphatic heterocycles. The number of rotatable bonds is 1. The minimum Gasteiger partial charge on any atom is -0.507 e. The van der Waals surface area contributed by atoms with Crippen LogP contribution in [0.1, 0.15) is 0 Å². The second-order valence-corrected chi connectivity index (χ2v) is 2.62. The molecule has 1 atom stereocenters. The molecule has 0 spiro atoms. The van der Waals surface area contributed by atoms with Gasteiger partial charge in [0.2, 0.25) is 0 Å². The van der Waals surface area contributed by atoms with Crippen LogP contribution in [0, 0.1) is 0 Å². The first-order valence-corrected chi connectivity index (χ1v) is 3.54. The van der Waals surface area contributed by atoms with Crippen molar-refractivity contribution < 1.29 is 19.9 Å². The van der Waals surface area contributed by atoms with Crippen molar-refractivity contribution in [3.05, 3.63) is 23.5 Å². The molecule has 0 bridgehead atoms. The van der Waals surface area contributed by atoms with E-state index in [1.807, 2.05) is 0 Å². The van der Waals surface area contributed by atoms with Crippen LogP contribution in [0.15, 0.2) is 28.6 Å². The van der Waals surface area contributed by atoms with Crippen molar-refractivity contribution in [3.63, 3.8) is 0 Å². The van der Waals surface area contributed by atoms with Crippen molar-refractivity contribution in [1.29, 1.82) is 0 Å². The molecular weight excluding hydrogens is 176 g/mol. The van der Waals surface area contributed by atoms with Crippen molar-refractivity contribution in [1.82, 2.24) is 5.48 Å². The van der Waals surface area contributed by atoms with Crippen LogP contribution in [0.5, 0.6) is 0 Å². The van der Waals surface area contributed by atoms with Gasteiger partial charge in [-0.15, -0.1) is 5.48 Å². The molecule has 1 aliphatic carbocycles. The fourth-order valence-corrected chi connectivity index (χ4v) is 1.13. The first-order valence-electron chi connectivity index (χ1n) is 3.54.